The fourth-order valence-electron chi connectivity index (χ4n) is 1.83. The van der Waals surface area contributed by atoms with Crippen LogP contribution in [0.3, 0.4) is 0 Å². The number of hydrogen-bond donors (Lipinski definition) is 2. The number of hydrogen-bond acceptors (Lipinski definition) is 2. The van der Waals surface area contributed by atoms with Crippen LogP contribution in [0.2, 0.25) is 0 Å². The van der Waals surface area contributed by atoms with E-state index in [4.69, 9.17) is 0 Å². The van der Waals surface area contributed by atoms with Crippen LogP contribution in [0.1, 0.15) is 28.9 Å². The van der Waals surface area contributed by atoms with Crippen LogP contribution in [-0.2, 0) is 0 Å². The lowest BCUT2D eigenvalue weighted by molar-refractivity contribution is 0.0937. The van der Waals surface area contributed by atoms with Crippen molar-refractivity contribution in [1.82, 2.24) is 5.32 Å². The van der Waals surface area contributed by atoms with E-state index < -0.39 is 0 Å². The largest absolute Gasteiger partial charge is 0.345 e. The highest BCUT2D eigenvalue weighted by Crippen LogP contribution is 2.21. The number of thiol groups is 1. The predicted octanol–water partition coefficient (Wildman–Crippen LogP) is 4.37. The van der Waals surface area contributed by atoms with Crippen LogP contribution in [0.5, 0.6) is 0 Å². The molecule has 2 nitrogen and oxygen atoms in total. The van der Waals surface area contributed by atoms with Crippen LogP contribution < -0.4 is 5.32 Å². The molecule has 1 N–H and O–H groups in total. The zero-order chi connectivity index (χ0) is 14.7. The number of nitrogens with one attached hydrogen (secondary N) is 1. The van der Waals surface area contributed by atoms with Crippen molar-refractivity contribution in [2.45, 2.75) is 17.9 Å². The first kappa shape index (κ1) is 15.1. The molecule has 1 atom stereocenters. The van der Waals surface area contributed by atoms with Gasteiger partial charge in [0, 0.05) is 9.37 Å². The van der Waals surface area contributed by atoms with Crippen molar-refractivity contribution >= 4 is 34.5 Å². The average molecular weight is 354 g/mol. The molecule has 0 aliphatic carbocycles. The molecule has 2 rings (SSSR count). The summed E-state index contributed by atoms with van der Waals surface area (Å²) in [5.41, 5.74) is 1.20. The van der Waals surface area contributed by atoms with E-state index in [0.29, 0.717) is 10.5 Å². The molecule has 1 unspecified atom stereocenters. The lowest BCUT2D eigenvalue weighted by Gasteiger charge is -2.15. The number of benzene rings is 2. The van der Waals surface area contributed by atoms with Crippen LogP contribution in [0.15, 0.2) is 51.8 Å². The minimum Gasteiger partial charge on any atom is -0.345 e. The summed E-state index contributed by atoms with van der Waals surface area (Å²) in [6.45, 7) is 1.81. The molecule has 0 bridgehead atoms. The Kier molecular flexibility index (Phi) is 4.83. The molecule has 0 saturated carbocycles. The summed E-state index contributed by atoms with van der Waals surface area (Å²) in [6, 6.07) is 11.1. The second-order valence-electron chi connectivity index (χ2n) is 4.41. The van der Waals surface area contributed by atoms with Gasteiger partial charge in [0.25, 0.3) is 5.91 Å². The van der Waals surface area contributed by atoms with E-state index in [-0.39, 0.29) is 17.8 Å². The van der Waals surface area contributed by atoms with Gasteiger partial charge >= 0.3 is 0 Å². The van der Waals surface area contributed by atoms with Gasteiger partial charge < -0.3 is 5.32 Å². The molecule has 0 aliphatic heterocycles. The Morgan fingerprint density at radius 3 is 2.70 bits per heavy atom. The quantitative estimate of drug-likeness (QED) is 0.788. The molecule has 0 aromatic heterocycles. The number of carbonyl (C=O) groups excluding carboxylic acids is 1. The van der Waals surface area contributed by atoms with E-state index >= 15 is 0 Å². The summed E-state index contributed by atoms with van der Waals surface area (Å²) in [6.07, 6.45) is 0. The third kappa shape index (κ3) is 3.61. The van der Waals surface area contributed by atoms with E-state index in [9.17, 15) is 9.18 Å². The van der Waals surface area contributed by atoms with Crippen molar-refractivity contribution in [1.29, 1.82) is 0 Å². The molecule has 2 aromatic carbocycles. The molecule has 5 heteroatoms. The van der Waals surface area contributed by atoms with Gasteiger partial charge in [0.05, 0.1) is 11.6 Å². The van der Waals surface area contributed by atoms with Crippen molar-refractivity contribution in [3.05, 3.63) is 63.9 Å². The first-order chi connectivity index (χ1) is 9.47. The van der Waals surface area contributed by atoms with Gasteiger partial charge in [-0.2, -0.15) is 0 Å². The Labute approximate surface area is 130 Å². The zero-order valence-corrected chi connectivity index (χ0v) is 13.2. The van der Waals surface area contributed by atoms with E-state index in [0.717, 1.165) is 10.0 Å². The topological polar surface area (TPSA) is 29.1 Å². The monoisotopic (exact) mass is 353 g/mol. The van der Waals surface area contributed by atoms with Gasteiger partial charge in [-0.3, -0.25) is 4.79 Å². The lowest BCUT2D eigenvalue weighted by atomic mass is 10.1. The third-order valence-corrected chi connectivity index (χ3v) is 3.76. The maximum absolute atomic E-state index is 13.2. The Morgan fingerprint density at radius 2 is 2.05 bits per heavy atom. The molecule has 2 aromatic rings. The number of carbonyl (C=O) groups is 1. The molecule has 20 heavy (non-hydrogen) atoms. The predicted molar refractivity (Wildman–Crippen MR) is 83.7 cm³/mol. The van der Waals surface area contributed by atoms with Gasteiger partial charge in [0.1, 0.15) is 5.82 Å². The van der Waals surface area contributed by atoms with Crippen molar-refractivity contribution in [2.24, 2.45) is 0 Å². The number of amides is 1. The highest BCUT2D eigenvalue weighted by molar-refractivity contribution is 9.10. The second kappa shape index (κ2) is 6.41. The van der Waals surface area contributed by atoms with Gasteiger partial charge in [-0.25, -0.2) is 4.39 Å². The average Bonchev–Trinajstić information content (AvgIpc) is 2.38. The Morgan fingerprint density at radius 1 is 1.30 bits per heavy atom. The molecule has 0 spiro atoms. The van der Waals surface area contributed by atoms with Crippen LogP contribution in [0, 0.1) is 5.82 Å². The number of rotatable bonds is 3. The lowest BCUT2D eigenvalue weighted by Crippen LogP contribution is -2.27. The Hall–Kier alpha value is -1.33. The minimum atomic E-state index is -0.317. The minimum absolute atomic E-state index is 0.237. The summed E-state index contributed by atoms with van der Waals surface area (Å²) in [5, 5.41) is 2.83. The molecular weight excluding hydrogens is 341 g/mol. The van der Waals surface area contributed by atoms with E-state index in [1.54, 1.807) is 30.3 Å². The van der Waals surface area contributed by atoms with Gasteiger partial charge in [-0.05, 0) is 42.8 Å². The molecule has 0 aliphatic rings. The third-order valence-electron chi connectivity index (χ3n) is 2.90. The second-order valence-corrected chi connectivity index (χ2v) is 5.81. The highest BCUT2D eigenvalue weighted by atomic mass is 79.9. The summed E-state index contributed by atoms with van der Waals surface area (Å²) >= 11 is 7.60. The molecule has 0 radical (unpaired) electrons. The standard InChI is InChI=1S/C15H13BrFNOS/c1-9(10-3-2-4-12(17)7-10)18-15(19)13-6-5-11(16)8-14(13)20/h2-9,20H,1H3,(H,18,19). The van der Waals surface area contributed by atoms with Crippen LogP contribution in [0.25, 0.3) is 0 Å². The van der Waals surface area contributed by atoms with Gasteiger partial charge in [0.15, 0.2) is 0 Å². The SMILES string of the molecule is CC(NC(=O)c1ccc(Br)cc1S)c1cccc(F)c1. The smallest absolute Gasteiger partial charge is 0.252 e. The normalized spacial score (nSPS) is 12.0. The van der Waals surface area contributed by atoms with Crippen LogP contribution in [0.4, 0.5) is 4.39 Å². The van der Waals surface area contributed by atoms with Gasteiger partial charge in [0.2, 0.25) is 0 Å². The van der Waals surface area contributed by atoms with Crippen molar-refractivity contribution in [3.8, 4) is 0 Å². The van der Waals surface area contributed by atoms with Crippen LogP contribution >= 0.6 is 28.6 Å². The summed E-state index contributed by atoms with van der Waals surface area (Å²) in [5.74, 6) is -0.554. The summed E-state index contributed by atoms with van der Waals surface area (Å²) in [7, 11) is 0. The molecular formula is C15H13BrFNOS. The molecule has 1 amide bonds. The highest BCUT2D eigenvalue weighted by Gasteiger charge is 2.14. The molecule has 0 fully saturated rings. The van der Waals surface area contributed by atoms with E-state index in [1.807, 2.05) is 6.92 Å². The Balaban J connectivity index is 2.15. The molecule has 104 valence electrons. The van der Waals surface area contributed by atoms with Crippen molar-refractivity contribution in [3.63, 3.8) is 0 Å². The summed E-state index contributed by atoms with van der Waals surface area (Å²) < 4.78 is 14.0. The maximum atomic E-state index is 13.2. The fraction of sp³-hybridized carbons (Fsp3) is 0.133. The van der Waals surface area contributed by atoms with Crippen molar-refractivity contribution in [2.75, 3.05) is 0 Å². The van der Waals surface area contributed by atoms with Gasteiger partial charge in [-0.15, -0.1) is 12.6 Å². The van der Waals surface area contributed by atoms with Crippen molar-refractivity contribution < 1.29 is 9.18 Å². The van der Waals surface area contributed by atoms with Gasteiger partial charge in [-0.1, -0.05) is 28.1 Å². The molecule has 0 heterocycles. The zero-order valence-electron chi connectivity index (χ0n) is 10.7. The fourth-order valence-corrected chi connectivity index (χ4v) is 2.68. The van der Waals surface area contributed by atoms with E-state index in [1.165, 1.54) is 12.1 Å². The number of halogens is 2. The maximum Gasteiger partial charge on any atom is 0.252 e. The van der Waals surface area contributed by atoms with Crippen LogP contribution in [-0.4, -0.2) is 5.91 Å². The first-order valence-electron chi connectivity index (χ1n) is 6.02. The first-order valence-corrected chi connectivity index (χ1v) is 7.26. The van der Waals surface area contributed by atoms with E-state index in [2.05, 4.69) is 33.9 Å². The summed E-state index contributed by atoms with van der Waals surface area (Å²) in [4.78, 5) is 12.8. The Bertz CT molecular complexity index is 648. The molecule has 0 saturated heterocycles.